The van der Waals surface area contributed by atoms with Crippen LogP contribution in [0.25, 0.3) is 0 Å². The second-order valence-corrected chi connectivity index (χ2v) is 5.16. The van der Waals surface area contributed by atoms with Gasteiger partial charge in [0.1, 0.15) is 6.10 Å². The van der Waals surface area contributed by atoms with E-state index in [2.05, 4.69) is 5.32 Å². The molecule has 4 heteroatoms. The first-order chi connectivity index (χ1) is 7.79. The quantitative estimate of drug-likeness (QED) is 0.799. The van der Waals surface area contributed by atoms with Gasteiger partial charge < -0.3 is 15.2 Å². The fraction of sp³-hybridized carbons (Fsp3) is 0.667. The van der Waals surface area contributed by atoms with Crippen LogP contribution in [-0.4, -0.2) is 30.4 Å². The number of thiophene rings is 1. The number of aliphatic hydroxyl groups excluding tert-OH is 1. The molecule has 1 aromatic heterocycles. The molecule has 0 aromatic carbocycles. The van der Waals surface area contributed by atoms with Gasteiger partial charge in [-0.2, -0.15) is 0 Å². The van der Waals surface area contributed by atoms with E-state index in [0.29, 0.717) is 18.7 Å². The Kier molecular flexibility index (Phi) is 4.35. The molecular weight excluding hydrogens is 222 g/mol. The Morgan fingerprint density at radius 1 is 1.62 bits per heavy atom. The molecule has 2 N–H and O–H groups in total. The van der Waals surface area contributed by atoms with Gasteiger partial charge in [0.05, 0.1) is 6.10 Å². The fourth-order valence-electron chi connectivity index (χ4n) is 1.96. The SMILES string of the molecule is CCOC1CC(NCC(O)c2cccs2)C1. The van der Waals surface area contributed by atoms with Gasteiger partial charge in [0, 0.05) is 24.1 Å². The Morgan fingerprint density at radius 2 is 2.44 bits per heavy atom. The zero-order valence-corrected chi connectivity index (χ0v) is 10.4. The van der Waals surface area contributed by atoms with Crippen molar-refractivity contribution in [3.05, 3.63) is 22.4 Å². The summed E-state index contributed by atoms with van der Waals surface area (Å²) in [5, 5.41) is 15.2. The number of nitrogens with one attached hydrogen (secondary N) is 1. The lowest BCUT2D eigenvalue weighted by atomic mass is 9.89. The van der Waals surface area contributed by atoms with E-state index in [4.69, 9.17) is 4.74 Å². The average Bonchev–Trinajstić information content (AvgIpc) is 2.74. The third-order valence-corrected chi connectivity index (χ3v) is 3.94. The van der Waals surface area contributed by atoms with Crippen LogP contribution < -0.4 is 5.32 Å². The van der Waals surface area contributed by atoms with Gasteiger partial charge in [0.2, 0.25) is 0 Å². The smallest absolute Gasteiger partial charge is 0.101 e. The summed E-state index contributed by atoms with van der Waals surface area (Å²) in [5.74, 6) is 0. The van der Waals surface area contributed by atoms with Crippen molar-refractivity contribution in [2.45, 2.75) is 38.0 Å². The lowest BCUT2D eigenvalue weighted by Crippen LogP contribution is -2.46. The number of ether oxygens (including phenoxy) is 1. The highest BCUT2D eigenvalue weighted by Gasteiger charge is 2.29. The van der Waals surface area contributed by atoms with Crippen LogP contribution >= 0.6 is 11.3 Å². The summed E-state index contributed by atoms with van der Waals surface area (Å²) < 4.78 is 5.49. The van der Waals surface area contributed by atoms with Crippen LogP contribution in [0.5, 0.6) is 0 Å². The van der Waals surface area contributed by atoms with Crippen LogP contribution in [0.4, 0.5) is 0 Å². The highest BCUT2D eigenvalue weighted by atomic mass is 32.1. The Hall–Kier alpha value is -0.420. The van der Waals surface area contributed by atoms with Crippen molar-refractivity contribution in [1.82, 2.24) is 5.32 Å². The summed E-state index contributed by atoms with van der Waals surface area (Å²) in [6.07, 6.45) is 2.21. The van der Waals surface area contributed by atoms with Crippen molar-refractivity contribution in [2.24, 2.45) is 0 Å². The van der Waals surface area contributed by atoms with E-state index < -0.39 is 0 Å². The first-order valence-corrected chi connectivity index (χ1v) is 6.74. The summed E-state index contributed by atoms with van der Waals surface area (Å²) in [6, 6.07) is 4.46. The van der Waals surface area contributed by atoms with Gasteiger partial charge in [-0.05, 0) is 31.2 Å². The fourth-order valence-corrected chi connectivity index (χ4v) is 2.68. The molecule has 0 amide bonds. The number of rotatable bonds is 6. The Labute approximate surface area is 100 Å². The molecule has 1 aliphatic carbocycles. The maximum Gasteiger partial charge on any atom is 0.101 e. The van der Waals surface area contributed by atoms with Crippen molar-refractivity contribution in [3.8, 4) is 0 Å². The Morgan fingerprint density at radius 3 is 3.06 bits per heavy atom. The van der Waals surface area contributed by atoms with Gasteiger partial charge in [0.15, 0.2) is 0 Å². The zero-order valence-electron chi connectivity index (χ0n) is 9.56. The molecule has 1 atom stereocenters. The molecule has 0 aliphatic heterocycles. The maximum absolute atomic E-state index is 9.86. The number of hydrogen-bond acceptors (Lipinski definition) is 4. The molecule has 1 heterocycles. The molecule has 0 spiro atoms. The predicted molar refractivity (Wildman–Crippen MR) is 65.7 cm³/mol. The minimum Gasteiger partial charge on any atom is -0.386 e. The van der Waals surface area contributed by atoms with E-state index in [0.717, 1.165) is 24.3 Å². The van der Waals surface area contributed by atoms with E-state index >= 15 is 0 Å². The van der Waals surface area contributed by atoms with E-state index in [-0.39, 0.29) is 6.10 Å². The molecule has 1 saturated carbocycles. The highest BCUT2D eigenvalue weighted by Crippen LogP contribution is 2.24. The third-order valence-electron chi connectivity index (χ3n) is 2.97. The van der Waals surface area contributed by atoms with Crippen molar-refractivity contribution in [1.29, 1.82) is 0 Å². The van der Waals surface area contributed by atoms with E-state index in [9.17, 15) is 5.11 Å². The first-order valence-electron chi connectivity index (χ1n) is 5.86. The predicted octanol–water partition coefficient (Wildman–Crippen LogP) is 1.94. The molecule has 0 radical (unpaired) electrons. The van der Waals surface area contributed by atoms with Gasteiger partial charge >= 0.3 is 0 Å². The maximum atomic E-state index is 9.86. The molecule has 16 heavy (non-hydrogen) atoms. The largest absolute Gasteiger partial charge is 0.386 e. The molecule has 1 aliphatic rings. The zero-order chi connectivity index (χ0) is 11.4. The van der Waals surface area contributed by atoms with Crippen LogP contribution in [0.2, 0.25) is 0 Å². The van der Waals surface area contributed by atoms with Gasteiger partial charge in [-0.25, -0.2) is 0 Å². The van der Waals surface area contributed by atoms with Gasteiger partial charge in [0.25, 0.3) is 0 Å². The molecule has 2 rings (SSSR count). The number of aliphatic hydroxyl groups is 1. The normalized spacial score (nSPS) is 26.4. The molecule has 3 nitrogen and oxygen atoms in total. The molecule has 0 bridgehead atoms. The molecule has 1 aromatic rings. The van der Waals surface area contributed by atoms with Crippen LogP contribution in [0.3, 0.4) is 0 Å². The second kappa shape index (κ2) is 5.77. The Bertz CT molecular complexity index is 296. The summed E-state index contributed by atoms with van der Waals surface area (Å²) >= 11 is 1.60. The standard InChI is InChI=1S/C12H19NO2S/c1-2-15-10-6-9(7-10)13-8-11(14)12-4-3-5-16-12/h3-5,9-11,13-14H,2,6-8H2,1H3. The lowest BCUT2D eigenvalue weighted by molar-refractivity contribution is -0.0123. The first kappa shape index (κ1) is 12.0. The van der Waals surface area contributed by atoms with Crippen molar-refractivity contribution in [3.63, 3.8) is 0 Å². The van der Waals surface area contributed by atoms with Gasteiger partial charge in [-0.15, -0.1) is 11.3 Å². The van der Waals surface area contributed by atoms with Crippen LogP contribution in [-0.2, 0) is 4.74 Å². The molecule has 1 fully saturated rings. The Balaban J connectivity index is 1.62. The van der Waals surface area contributed by atoms with E-state index in [1.54, 1.807) is 11.3 Å². The topological polar surface area (TPSA) is 41.5 Å². The highest BCUT2D eigenvalue weighted by molar-refractivity contribution is 7.10. The molecule has 0 saturated heterocycles. The van der Waals surface area contributed by atoms with Crippen LogP contribution in [0.1, 0.15) is 30.7 Å². The van der Waals surface area contributed by atoms with Crippen LogP contribution in [0, 0.1) is 0 Å². The minimum absolute atomic E-state index is 0.369. The monoisotopic (exact) mass is 241 g/mol. The summed E-state index contributed by atoms with van der Waals surface area (Å²) in [7, 11) is 0. The van der Waals surface area contributed by atoms with E-state index in [1.165, 1.54) is 0 Å². The minimum atomic E-state index is -0.369. The molecule has 1 unspecified atom stereocenters. The molecular formula is C12H19NO2S. The number of hydrogen-bond donors (Lipinski definition) is 2. The summed E-state index contributed by atoms with van der Waals surface area (Å²) in [6.45, 7) is 3.47. The van der Waals surface area contributed by atoms with Crippen molar-refractivity contribution in [2.75, 3.05) is 13.2 Å². The summed E-state index contributed by atoms with van der Waals surface area (Å²) in [5.41, 5.74) is 0. The summed E-state index contributed by atoms with van der Waals surface area (Å²) in [4.78, 5) is 1.04. The second-order valence-electron chi connectivity index (χ2n) is 4.19. The molecule has 90 valence electrons. The lowest BCUT2D eigenvalue weighted by Gasteiger charge is -2.36. The van der Waals surface area contributed by atoms with Gasteiger partial charge in [-0.3, -0.25) is 0 Å². The van der Waals surface area contributed by atoms with Gasteiger partial charge in [-0.1, -0.05) is 6.07 Å². The van der Waals surface area contributed by atoms with Crippen LogP contribution in [0.15, 0.2) is 17.5 Å². The average molecular weight is 241 g/mol. The van der Waals surface area contributed by atoms with Crippen molar-refractivity contribution < 1.29 is 9.84 Å². The van der Waals surface area contributed by atoms with E-state index in [1.807, 2.05) is 24.4 Å². The van der Waals surface area contributed by atoms with Crippen molar-refractivity contribution >= 4 is 11.3 Å². The third kappa shape index (κ3) is 3.04.